The van der Waals surface area contributed by atoms with E-state index in [0.717, 1.165) is 25.7 Å². The molecule has 0 aliphatic carbocycles. The van der Waals surface area contributed by atoms with Crippen LogP contribution in [0.1, 0.15) is 18.4 Å². The first-order valence-electron chi connectivity index (χ1n) is 6.30. The second-order valence-corrected chi connectivity index (χ2v) is 5.52. The third kappa shape index (κ3) is 4.11. The molecule has 1 aromatic carbocycles. The van der Waals surface area contributed by atoms with Gasteiger partial charge in [0.2, 0.25) is 0 Å². The topological polar surface area (TPSA) is 15.3 Å². The Morgan fingerprint density at radius 1 is 1.21 bits per heavy atom. The molecule has 0 aromatic heterocycles. The van der Waals surface area contributed by atoms with Gasteiger partial charge in [0.05, 0.1) is 5.56 Å². The van der Waals surface area contributed by atoms with E-state index < -0.39 is 11.7 Å². The van der Waals surface area contributed by atoms with Crippen molar-refractivity contribution in [3.05, 3.63) is 28.2 Å². The number of likely N-dealkylation sites (tertiary alicyclic amines) is 1. The number of nitrogens with zero attached hydrogens (tertiary/aromatic N) is 1. The first-order chi connectivity index (χ1) is 8.97. The molecule has 1 saturated heterocycles. The van der Waals surface area contributed by atoms with Gasteiger partial charge in [-0.3, -0.25) is 0 Å². The van der Waals surface area contributed by atoms with Crippen LogP contribution in [-0.4, -0.2) is 31.1 Å². The van der Waals surface area contributed by atoms with Crippen LogP contribution in [0.2, 0.25) is 0 Å². The lowest BCUT2D eigenvalue weighted by molar-refractivity contribution is -0.138. The molecule has 19 heavy (non-hydrogen) atoms. The molecule has 0 bridgehead atoms. The van der Waals surface area contributed by atoms with Crippen molar-refractivity contribution in [2.75, 3.05) is 31.5 Å². The summed E-state index contributed by atoms with van der Waals surface area (Å²) < 4.78 is 38.3. The lowest BCUT2D eigenvalue weighted by Gasteiger charge is -2.16. The van der Waals surface area contributed by atoms with Crippen LogP contribution in [0, 0.1) is 0 Å². The molecule has 1 N–H and O–H groups in total. The van der Waals surface area contributed by atoms with E-state index in [0.29, 0.717) is 12.2 Å². The predicted molar refractivity (Wildman–Crippen MR) is 73.3 cm³/mol. The first-order valence-corrected chi connectivity index (χ1v) is 7.09. The number of anilines is 1. The molecule has 6 heteroatoms. The molecule has 1 fully saturated rings. The third-order valence-electron chi connectivity index (χ3n) is 3.23. The molecule has 1 aliphatic rings. The molecule has 0 atom stereocenters. The van der Waals surface area contributed by atoms with Gasteiger partial charge in [-0.2, -0.15) is 13.2 Å². The number of hydrogen-bond donors (Lipinski definition) is 1. The lowest BCUT2D eigenvalue weighted by Crippen LogP contribution is -2.26. The number of nitrogens with one attached hydrogen (secondary N) is 1. The Kier molecular flexibility index (Phi) is 4.73. The third-order valence-corrected chi connectivity index (χ3v) is 3.92. The van der Waals surface area contributed by atoms with Crippen molar-refractivity contribution in [1.82, 2.24) is 4.90 Å². The highest BCUT2D eigenvalue weighted by molar-refractivity contribution is 9.10. The van der Waals surface area contributed by atoms with E-state index in [1.165, 1.54) is 18.9 Å². The largest absolute Gasteiger partial charge is 0.417 e. The second kappa shape index (κ2) is 6.13. The Balaban J connectivity index is 1.93. The molecule has 0 radical (unpaired) electrons. The Labute approximate surface area is 119 Å². The molecular formula is C13H16BrF3N2. The molecule has 2 rings (SSSR count). The van der Waals surface area contributed by atoms with Crippen LogP contribution >= 0.6 is 15.9 Å². The van der Waals surface area contributed by atoms with Crippen LogP contribution in [0.25, 0.3) is 0 Å². The zero-order valence-electron chi connectivity index (χ0n) is 10.4. The number of rotatable bonds is 4. The van der Waals surface area contributed by atoms with Gasteiger partial charge in [-0.25, -0.2) is 0 Å². The summed E-state index contributed by atoms with van der Waals surface area (Å²) in [6, 6.07) is 4.23. The Morgan fingerprint density at radius 3 is 2.53 bits per heavy atom. The summed E-state index contributed by atoms with van der Waals surface area (Å²) in [7, 11) is 0. The van der Waals surface area contributed by atoms with E-state index in [1.807, 2.05) is 0 Å². The summed E-state index contributed by atoms with van der Waals surface area (Å²) in [5.74, 6) is 0. The SMILES string of the molecule is FC(F)(F)c1cc(NCCN2CCCC2)ccc1Br. The van der Waals surface area contributed by atoms with Crippen molar-refractivity contribution in [3.63, 3.8) is 0 Å². The van der Waals surface area contributed by atoms with Gasteiger partial charge >= 0.3 is 6.18 Å². The fourth-order valence-corrected chi connectivity index (χ4v) is 2.69. The van der Waals surface area contributed by atoms with Crippen LogP contribution in [0.4, 0.5) is 18.9 Å². The number of benzene rings is 1. The first kappa shape index (κ1) is 14.7. The van der Waals surface area contributed by atoms with Crippen LogP contribution in [0.3, 0.4) is 0 Å². The quantitative estimate of drug-likeness (QED) is 0.894. The van der Waals surface area contributed by atoms with Crippen molar-refractivity contribution in [1.29, 1.82) is 0 Å². The van der Waals surface area contributed by atoms with Crippen molar-refractivity contribution < 1.29 is 13.2 Å². The molecule has 1 aromatic rings. The Morgan fingerprint density at radius 2 is 1.89 bits per heavy atom. The van der Waals surface area contributed by atoms with E-state index in [-0.39, 0.29) is 4.47 Å². The highest BCUT2D eigenvalue weighted by Gasteiger charge is 2.33. The highest BCUT2D eigenvalue weighted by Crippen LogP contribution is 2.36. The minimum Gasteiger partial charge on any atom is -0.384 e. The summed E-state index contributed by atoms with van der Waals surface area (Å²) in [6.07, 6.45) is -1.89. The number of hydrogen-bond acceptors (Lipinski definition) is 2. The van der Waals surface area contributed by atoms with Gasteiger partial charge in [0.15, 0.2) is 0 Å². The summed E-state index contributed by atoms with van der Waals surface area (Å²) in [5.41, 5.74) is -0.131. The fraction of sp³-hybridized carbons (Fsp3) is 0.538. The van der Waals surface area contributed by atoms with Crippen molar-refractivity contribution in [3.8, 4) is 0 Å². The monoisotopic (exact) mass is 336 g/mol. The van der Waals surface area contributed by atoms with Gasteiger partial charge < -0.3 is 10.2 Å². The van der Waals surface area contributed by atoms with E-state index in [4.69, 9.17) is 0 Å². The maximum atomic E-state index is 12.7. The zero-order valence-corrected chi connectivity index (χ0v) is 12.0. The van der Waals surface area contributed by atoms with Crippen LogP contribution in [-0.2, 0) is 6.18 Å². The normalized spacial score (nSPS) is 16.8. The smallest absolute Gasteiger partial charge is 0.384 e. The van der Waals surface area contributed by atoms with Crippen LogP contribution in [0.5, 0.6) is 0 Å². The van der Waals surface area contributed by atoms with Gasteiger partial charge in [0, 0.05) is 23.2 Å². The summed E-state index contributed by atoms with van der Waals surface area (Å²) in [6.45, 7) is 3.72. The molecule has 1 aliphatic heterocycles. The number of alkyl halides is 3. The number of halogens is 4. The fourth-order valence-electron chi connectivity index (χ4n) is 2.22. The van der Waals surface area contributed by atoms with E-state index in [9.17, 15) is 13.2 Å². The molecular weight excluding hydrogens is 321 g/mol. The van der Waals surface area contributed by atoms with E-state index in [2.05, 4.69) is 26.1 Å². The Bertz CT molecular complexity index is 428. The average Bonchev–Trinajstić information content (AvgIpc) is 2.83. The minimum atomic E-state index is -4.33. The maximum Gasteiger partial charge on any atom is 0.417 e. The molecule has 1 heterocycles. The molecule has 106 valence electrons. The van der Waals surface area contributed by atoms with Crippen molar-refractivity contribution in [2.45, 2.75) is 19.0 Å². The Hall–Kier alpha value is -0.750. The van der Waals surface area contributed by atoms with E-state index >= 15 is 0 Å². The van der Waals surface area contributed by atoms with Gasteiger partial charge in [0.25, 0.3) is 0 Å². The maximum absolute atomic E-state index is 12.7. The van der Waals surface area contributed by atoms with Gasteiger partial charge in [-0.1, -0.05) is 15.9 Å². The molecule has 2 nitrogen and oxygen atoms in total. The van der Waals surface area contributed by atoms with Crippen LogP contribution in [0.15, 0.2) is 22.7 Å². The van der Waals surface area contributed by atoms with Crippen molar-refractivity contribution in [2.24, 2.45) is 0 Å². The minimum absolute atomic E-state index is 0.0742. The second-order valence-electron chi connectivity index (χ2n) is 4.67. The standard InChI is InChI=1S/C13H16BrF3N2/c14-12-4-3-10(9-11(12)13(15,16)17)18-5-8-19-6-1-2-7-19/h3-4,9,18H,1-2,5-8H2. The summed E-state index contributed by atoms with van der Waals surface area (Å²) >= 11 is 2.93. The molecule has 0 unspecified atom stereocenters. The predicted octanol–water partition coefficient (Wildman–Crippen LogP) is 3.98. The van der Waals surface area contributed by atoms with E-state index in [1.54, 1.807) is 6.07 Å². The highest BCUT2D eigenvalue weighted by atomic mass is 79.9. The van der Waals surface area contributed by atoms with Gasteiger partial charge in [0.1, 0.15) is 0 Å². The van der Waals surface area contributed by atoms with Gasteiger partial charge in [-0.15, -0.1) is 0 Å². The zero-order chi connectivity index (χ0) is 13.9. The average molecular weight is 337 g/mol. The van der Waals surface area contributed by atoms with Gasteiger partial charge in [-0.05, 0) is 44.1 Å². The molecule has 0 spiro atoms. The lowest BCUT2D eigenvalue weighted by atomic mass is 10.2. The molecule has 0 amide bonds. The summed E-state index contributed by atoms with van der Waals surface area (Å²) in [4.78, 5) is 2.32. The van der Waals surface area contributed by atoms with Crippen LogP contribution < -0.4 is 5.32 Å². The van der Waals surface area contributed by atoms with Crippen molar-refractivity contribution >= 4 is 21.6 Å². The molecule has 0 saturated carbocycles. The summed E-state index contributed by atoms with van der Waals surface area (Å²) in [5, 5.41) is 3.05.